The molecule has 0 saturated heterocycles. The summed E-state index contributed by atoms with van der Waals surface area (Å²) < 4.78 is 0. The van der Waals surface area contributed by atoms with Crippen LogP contribution >= 0.6 is 12.2 Å². The van der Waals surface area contributed by atoms with Crippen LogP contribution in [0.4, 0.5) is 5.82 Å². The molecule has 5 heteroatoms. The van der Waals surface area contributed by atoms with E-state index in [1.54, 1.807) is 6.20 Å². The van der Waals surface area contributed by atoms with Crippen LogP contribution in [0.3, 0.4) is 0 Å². The summed E-state index contributed by atoms with van der Waals surface area (Å²) >= 11 is 4.99. The molecule has 2 aromatic rings. The van der Waals surface area contributed by atoms with Crippen molar-refractivity contribution in [2.75, 3.05) is 5.32 Å². The average molecular weight is 272 g/mol. The minimum Gasteiger partial charge on any atom is -0.389 e. The van der Waals surface area contributed by atoms with Gasteiger partial charge in [0.2, 0.25) is 0 Å². The smallest absolute Gasteiger partial charge is 0.127 e. The van der Waals surface area contributed by atoms with E-state index in [0.29, 0.717) is 11.5 Å². The summed E-state index contributed by atoms with van der Waals surface area (Å²) in [7, 11) is 0. The van der Waals surface area contributed by atoms with E-state index in [4.69, 9.17) is 18.0 Å². The lowest BCUT2D eigenvalue weighted by Crippen LogP contribution is -2.11. The standard InChI is InChI=1S/C14H16N4S/c1-9-7-16-4-3-11(9)8-17-13-6-12(14(15)19)5-10(2)18-13/h3-7H,8H2,1-2H3,(H2,15,19)(H,17,18). The molecule has 19 heavy (non-hydrogen) atoms. The maximum absolute atomic E-state index is 5.65. The number of nitrogens with one attached hydrogen (secondary N) is 1. The summed E-state index contributed by atoms with van der Waals surface area (Å²) in [5.74, 6) is 0.777. The van der Waals surface area contributed by atoms with Gasteiger partial charge in [0.15, 0.2) is 0 Å². The van der Waals surface area contributed by atoms with E-state index in [9.17, 15) is 0 Å². The van der Waals surface area contributed by atoms with E-state index < -0.39 is 0 Å². The summed E-state index contributed by atoms with van der Waals surface area (Å²) in [6.45, 7) is 4.65. The molecule has 2 rings (SSSR count). The van der Waals surface area contributed by atoms with Crippen molar-refractivity contribution < 1.29 is 0 Å². The first-order chi connectivity index (χ1) is 9.06. The fraction of sp³-hybridized carbons (Fsp3) is 0.214. The van der Waals surface area contributed by atoms with Gasteiger partial charge in [0.25, 0.3) is 0 Å². The molecular formula is C14H16N4S. The number of pyridine rings is 2. The van der Waals surface area contributed by atoms with Gasteiger partial charge < -0.3 is 11.1 Å². The van der Waals surface area contributed by atoms with E-state index in [-0.39, 0.29) is 0 Å². The molecule has 0 amide bonds. The van der Waals surface area contributed by atoms with Crippen molar-refractivity contribution in [1.29, 1.82) is 0 Å². The summed E-state index contributed by atoms with van der Waals surface area (Å²) in [4.78, 5) is 8.88. The third-order valence-electron chi connectivity index (χ3n) is 2.83. The number of hydrogen-bond donors (Lipinski definition) is 2. The van der Waals surface area contributed by atoms with Crippen molar-refractivity contribution in [3.8, 4) is 0 Å². The molecule has 2 aromatic heterocycles. The van der Waals surface area contributed by atoms with Crippen LogP contribution in [0.15, 0.2) is 30.6 Å². The second-order valence-electron chi connectivity index (χ2n) is 4.40. The van der Waals surface area contributed by atoms with E-state index in [2.05, 4.69) is 15.3 Å². The minimum absolute atomic E-state index is 0.383. The van der Waals surface area contributed by atoms with Gasteiger partial charge in [-0.3, -0.25) is 4.98 Å². The van der Waals surface area contributed by atoms with Gasteiger partial charge in [0, 0.05) is 30.2 Å². The van der Waals surface area contributed by atoms with Gasteiger partial charge in [-0.05, 0) is 43.2 Å². The average Bonchev–Trinajstić information content (AvgIpc) is 2.37. The zero-order chi connectivity index (χ0) is 13.8. The number of nitrogens with zero attached hydrogens (tertiary/aromatic N) is 2. The topological polar surface area (TPSA) is 63.8 Å². The van der Waals surface area contributed by atoms with Crippen LogP contribution < -0.4 is 11.1 Å². The Bertz CT molecular complexity index is 610. The van der Waals surface area contributed by atoms with Crippen LogP contribution in [-0.2, 0) is 6.54 Å². The Labute approximate surface area is 118 Å². The Kier molecular flexibility index (Phi) is 4.06. The molecular weight excluding hydrogens is 256 g/mol. The Morgan fingerprint density at radius 3 is 2.84 bits per heavy atom. The lowest BCUT2D eigenvalue weighted by molar-refractivity contribution is 1.06. The van der Waals surface area contributed by atoms with Crippen LogP contribution in [-0.4, -0.2) is 15.0 Å². The molecule has 0 aliphatic carbocycles. The Hall–Kier alpha value is -2.01. The van der Waals surface area contributed by atoms with Crippen LogP contribution in [0.5, 0.6) is 0 Å². The molecule has 0 aliphatic rings. The fourth-order valence-electron chi connectivity index (χ4n) is 1.79. The van der Waals surface area contributed by atoms with Crippen molar-refractivity contribution in [3.63, 3.8) is 0 Å². The molecule has 4 nitrogen and oxygen atoms in total. The molecule has 3 N–H and O–H groups in total. The highest BCUT2D eigenvalue weighted by Gasteiger charge is 2.03. The van der Waals surface area contributed by atoms with E-state index in [1.807, 2.05) is 38.2 Å². The lowest BCUT2D eigenvalue weighted by Gasteiger charge is -2.10. The summed E-state index contributed by atoms with van der Waals surface area (Å²) in [5.41, 5.74) is 9.71. The van der Waals surface area contributed by atoms with Gasteiger partial charge in [0.1, 0.15) is 10.8 Å². The zero-order valence-electron chi connectivity index (χ0n) is 11.0. The summed E-state index contributed by atoms with van der Waals surface area (Å²) in [5, 5.41) is 3.28. The van der Waals surface area contributed by atoms with Gasteiger partial charge in [-0.25, -0.2) is 4.98 Å². The monoisotopic (exact) mass is 272 g/mol. The Morgan fingerprint density at radius 2 is 2.16 bits per heavy atom. The number of rotatable bonds is 4. The van der Waals surface area contributed by atoms with Crippen LogP contribution in [0.2, 0.25) is 0 Å². The number of aromatic nitrogens is 2. The van der Waals surface area contributed by atoms with Crippen molar-refractivity contribution in [2.24, 2.45) is 5.73 Å². The van der Waals surface area contributed by atoms with Crippen molar-refractivity contribution in [3.05, 3.63) is 53.0 Å². The van der Waals surface area contributed by atoms with Crippen molar-refractivity contribution in [2.45, 2.75) is 20.4 Å². The molecule has 0 aromatic carbocycles. The van der Waals surface area contributed by atoms with Gasteiger partial charge in [-0.2, -0.15) is 0 Å². The van der Waals surface area contributed by atoms with Crippen LogP contribution in [0, 0.1) is 13.8 Å². The first kappa shape index (κ1) is 13.4. The maximum atomic E-state index is 5.65. The molecule has 0 saturated carbocycles. The molecule has 0 aliphatic heterocycles. The second kappa shape index (κ2) is 5.75. The third-order valence-corrected chi connectivity index (χ3v) is 3.07. The number of anilines is 1. The Balaban J connectivity index is 2.16. The van der Waals surface area contributed by atoms with Gasteiger partial charge in [0.05, 0.1) is 0 Å². The quantitative estimate of drug-likeness (QED) is 0.836. The first-order valence-corrected chi connectivity index (χ1v) is 6.39. The first-order valence-electron chi connectivity index (χ1n) is 5.98. The fourth-order valence-corrected chi connectivity index (χ4v) is 1.91. The van der Waals surface area contributed by atoms with Crippen molar-refractivity contribution in [1.82, 2.24) is 9.97 Å². The zero-order valence-corrected chi connectivity index (χ0v) is 11.8. The van der Waals surface area contributed by atoms with Gasteiger partial charge in [-0.15, -0.1) is 0 Å². The molecule has 0 bridgehead atoms. The summed E-state index contributed by atoms with van der Waals surface area (Å²) in [6, 6.07) is 5.74. The highest BCUT2D eigenvalue weighted by Crippen LogP contribution is 2.13. The van der Waals surface area contributed by atoms with Crippen LogP contribution in [0.25, 0.3) is 0 Å². The molecule has 2 heterocycles. The predicted octanol–water partition coefficient (Wildman–Crippen LogP) is 2.34. The predicted molar refractivity (Wildman–Crippen MR) is 81.2 cm³/mol. The summed E-state index contributed by atoms with van der Waals surface area (Å²) in [6.07, 6.45) is 3.63. The van der Waals surface area contributed by atoms with E-state index in [1.165, 1.54) is 5.56 Å². The SMILES string of the molecule is Cc1cc(C(N)=S)cc(NCc2ccncc2C)n1. The van der Waals surface area contributed by atoms with Crippen molar-refractivity contribution >= 4 is 23.0 Å². The molecule has 0 radical (unpaired) electrons. The minimum atomic E-state index is 0.383. The largest absolute Gasteiger partial charge is 0.389 e. The number of hydrogen-bond acceptors (Lipinski definition) is 4. The highest BCUT2D eigenvalue weighted by molar-refractivity contribution is 7.80. The van der Waals surface area contributed by atoms with E-state index >= 15 is 0 Å². The normalized spacial score (nSPS) is 10.2. The van der Waals surface area contributed by atoms with Crippen LogP contribution in [0.1, 0.15) is 22.4 Å². The second-order valence-corrected chi connectivity index (χ2v) is 4.84. The molecule has 0 atom stereocenters. The molecule has 0 fully saturated rings. The molecule has 98 valence electrons. The van der Waals surface area contributed by atoms with Gasteiger partial charge in [-0.1, -0.05) is 12.2 Å². The number of nitrogens with two attached hydrogens (primary N) is 1. The number of thiocarbonyl (C=S) groups is 1. The maximum Gasteiger partial charge on any atom is 0.127 e. The van der Waals surface area contributed by atoms with Gasteiger partial charge >= 0.3 is 0 Å². The molecule has 0 unspecified atom stereocenters. The Morgan fingerprint density at radius 1 is 1.37 bits per heavy atom. The van der Waals surface area contributed by atoms with E-state index in [0.717, 1.165) is 22.6 Å². The molecule has 0 spiro atoms. The third kappa shape index (κ3) is 3.48. The lowest BCUT2D eigenvalue weighted by atomic mass is 10.1. The highest BCUT2D eigenvalue weighted by atomic mass is 32.1. The number of aryl methyl sites for hydroxylation is 2.